The standard InChI is InChI=1S/C28H33ClN8O4/c1-15-4-6-18(7-5-15)14-36-24-21(32-26(36)37-16(2)12-35(28(39)40)13-17(37)3)9-22(25-33-27(38)41-34-25)31-23(24)19-8-20(29)11-30-10-19/h8-11,15-18H,4-7,12-14H2,1-3H3,(H,39,40)(H,33,34,38)/t15-,16-,17-,18-/m1/s1. The molecular formula is C28H33ClN8O4. The number of rotatable bonds is 5. The van der Waals surface area contributed by atoms with E-state index in [1.165, 1.54) is 17.7 Å². The van der Waals surface area contributed by atoms with Crippen molar-refractivity contribution in [1.29, 1.82) is 0 Å². The van der Waals surface area contributed by atoms with Gasteiger partial charge in [0.1, 0.15) is 5.69 Å². The van der Waals surface area contributed by atoms with Crippen molar-refractivity contribution in [1.82, 2.24) is 34.6 Å². The SMILES string of the molecule is C[C@@H]1CN(C(=O)O)C[C@@H](C)N1c1nc2cc(-c3noc(=O)[nH]3)nc(-c3cncc(Cl)c3)c2n1C[C@H]1CC[C@H](C)CC1. The van der Waals surface area contributed by atoms with Gasteiger partial charge in [0.05, 0.1) is 21.7 Å². The van der Waals surface area contributed by atoms with Crippen LogP contribution in [0.3, 0.4) is 0 Å². The summed E-state index contributed by atoms with van der Waals surface area (Å²) in [6.45, 7) is 7.87. The highest BCUT2D eigenvalue weighted by Gasteiger charge is 2.36. The van der Waals surface area contributed by atoms with Gasteiger partial charge in [0, 0.05) is 49.7 Å². The first-order chi connectivity index (χ1) is 19.7. The molecule has 2 atom stereocenters. The lowest BCUT2D eigenvalue weighted by atomic mass is 9.83. The van der Waals surface area contributed by atoms with E-state index in [0.29, 0.717) is 46.5 Å². The van der Waals surface area contributed by atoms with Crippen LogP contribution in [-0.4, -0.2) is 70.9 Å². The Balaban J connectivity index is 1.57. The van der Waals surface area contributed by atoms with Crippen molar-refractivity contribution in [2.75, 3.05) is 18.0 Å². The van der Waals surface area contributed by atoms with Crippen LogP contribution < -0.4 is 10.7 Å². The molecule has 13 heteroatoms. The fourth-order valence-electron chi connectivity index (χ4n) is 6.36. The first-order valence-corrected chi connectivity index (χ1v) is 14.4. The van der Waals surface area contributed by atoms with Gasteiger partial charge in [0.25, 0.3) is 0 Å². The Labute approximate surface area is 241 Å². The molecule has 6 rings (SSSR count). The second kappa shape index (κ2) is 10.8. The molecule has 0 unspecified atom stereocenters. The molecule has 0 radical (unpaired) electrons. The van der Waals surface area contributed by atoms with Gasteiger partial charge in [-0.3, -0.25) is 14.5 Å². The summed E-state index contributed by atoms with van der Waals surface area (Å²) in [6, 6.07) is 3.40. The zero-order chi connectivity index (χ0) is 28.8. The van der Waals surface area contributed by atoms with Crippen LogP contribution in [0.5, 0.6) is 0 Å². The Kier molecular flexibility index (Phi) is 7.18. The van der Waals surface area contributed by atoms with Gasteiger partial charge >= 0.3 is 11.8 Å². The number of aromatic nitrogens is 6. The second-order valence-electron chi connectivity index (χ2n) is 11.5. The molecule has 0 bridgehead atoms. The molecule has 4 aromatic rings. The number of anilines is 1. The number of hydrogen-bond acceptors (Lipinski definition) is 8. The van der Waals surface area contributed by atoms with Gasteiger partial charge in [-0.25, -0.2) is 19.6 Å². The van der Waals surface area contributed by atoms with Crippen molar-refractivity contribution < 1.29 is 14.4 Å². The monoisotopic (exact) mass is 580 g/mol. The fraction of sp³-hybridized carbons (Fsp3) is 0.500. The van der Waals surface area contributed by atoms with E-state index in [2.05, 4.69) is 31.5 Å². The Morgan fingerprint density at radius 2 is 1.83 bits per heavy atom. The highest BCUT2D eigenvalue weighted by molar-refractivity contribution is 6.30. The number of aromatic amines is 1. The minimum atomic E-state index is -0.917. The third-order valence-corrected chi connectivity index (χ3v) is 8.57. The minimum Gasteiger partial charge on any atom is -0.465 e. The van der Waals surface area contributed by atoms with Gasteiger partial charge in [-0.2, -0.15) is 0 Å². The predicted octanol–water partition coefficient (Wildman–Crippen LogP) is 4.89. The Hall–Kier alpha value is -3.93. The number of pyridine rings is 2. The van der Waals surface area contributed by atoms with Gasteiger partial charge in [-0.1, -0.05) is 36.5 Å². The van der Waals surface area contributed by atoms with Crippen LogP contribution in [0.15, 0.2) is 33.8 Å². The van der Waals surface area contributed by atoms with E-state index in [9.17, 15) is 14.7 Å². The zero-order valence-corrected chi connectivity index (χ0v) is 24.0. The molecule has 0 aromatic carbocycles. The molecule has 1 amide bonds. The van der Waals surface area contributed by atoms with Crippen molar-refractivity contribution in [2.45, 2.75) is 65.1 Å². The van der Waals surface area contributed by atoms with E-state index >= 15 is 0 Å². The number of amides is 1. The summed E-state index contributed by atoms with van der Waals surface area (Å²) < 4.78 is 7.01. The lowest BCUT2D eigenvalue weighted by Crippen LogP contribution is -2.58. The van der Waals surface area contributed by atoms with Gasteiger partial charge in [-0.15, -0.1) is 0 Å². The van der Waals surface area contributed by atoms with Gasteiger partial charge in [-0.05, 0) is 50.7 Å². The maximum absolute atomic E-state index is 11.8. The average Bonchev–Trinajstić information content (AvgIpc) is 3.52. The number of carbonyl (C=O) groups is 1. The zero-order valence-electron chi connectivity index (χ0n) is 23.2. The lowest BCUT2D eigenvalue weighted by Gasteiger charge is -2.44. The van der Waals surface area contributed by atoms with E-state index in [1.807, 2.05) is 19.9 Å². The number of piperazine rings is 1. The summed E-state index contributed by atoms with van der Waals surface area (Å²) >= 11 is 6.37. The topological polar surface area (TPSA) is 146 Å². The summed E-state index contributed by atoms with van der Waals surface area (Å²) in [4.78, 5) is 44.3. The number of H-pyrrole nitrogens is 1. The van der Waals surface area contributed by atoms with Crippen molar-refractivity contribution >= 4 is 34.7 Å². The molecule has 216 valence electrons. The number of hydrogen-bond donors (Lipinski definition) is 2. The molecule has 2 N–H and O–H groups in total. The highest BCUT2D eigenvalue weighted by atomic mass is 35.5. The first kappa shape index (κ1) is 27.3. The molecule has 4 aromatic heterocycles. The maximum atomic E-state index is 11.8. The average molecular weight is 581 g/mol. The third-order valence-electron chi connectivity index (χ3n) is 8.36. The van der Waals surface area contributed by atoms with Crippen molar-refractivity contribution in [3.63, 3.8) is 0 Å². The Bertz CT molecular complexity index is 1630. The van der Waals surface area contributed by atoms with Crippen LogP contribution in [0.25, 0.3) is 33.8 Å². The number of fused-ring (bicyclic) bond motifs is 1. The highest BCUT2D eigenvalue weighted by Crippen LogP contribution is 2.38. The van der Waals surface area contributed by atoms with Crippen LogP contribution in [0.1, 0.15) is 46.5 Å². The summed E-state index contributed by atoms with van der Waals surface area (Å²) in [7, 11) is 0. The summed E-state index contributed by atoms with van der Waals surface area (Å²) in [6.07, 6.45) is 6.97. The fourth-order valence-corrected chi connectivity index (χ4v) is 6.54. The molecule has 1 aliphatic heterocycles. The quantitative estimate of drug-likeness (QED) is 0.336. The van der Waals surface area contributed by atoms with E-state index in [0.717, 1.165) is 36.8 Å². The molecule has 1 aliphatic carbocycles. The molecular weight excluding hydrogens is 548 g/mol. The van der Waals surface area contributed by atoms with Crippen LogP contribution in [-0.2, 0) is 6.54 Å². The van der Waals surface area contributed by atoms with E-state index in [1.54, 1.807) is 18.5 Å². The van der Waals surface area contributed by atoms with Crippen molar-refractivity contribution in [3.05, 3.63) is 40.1 Å². The van der Waals surface area contributed by atoms with Gasteiger partial charge in [0.2, 0.25) is 11.8 Å². The first-order valence-electron chi connectivity index (χ1n) is 14.0. The summed E-state index contributed by atoms with van der Waals surface area (Å²) in [5.41, 5.74) is 3.23. The second-order valence-corrected chi connectivity index (χ2v) is 11.9. The molecule has 1 saturated heterocycles. The van der Waals surface area contributed by atoms with Crippen molar-refractivity contribution in [3.8, 4) is 22.8 Å². The minimum absolute atomic E-state index is 0.104. The van der Waals surface area contributed by atoms with Gasteiger partial charge in [0.15, 0.2) is 0 Å². The largest absolute Gasteiger partial charge is 0.465 e. The van der Waals surface area contributed by atoms with Crippen LogP contribution in [0.4, 0.5) is 10.7 Å². The lowest BCUT2D eigenvalue weighted by molar-refractivity contribution is 0.127. The summed E-state index contributed by atoms with van der Waals surface area (Å²) in [5.74, 6) is 1.47. The normalized spacial score (nSPS) is 23.3. The maximum Gasteiger partial charge on any atom is 0.439 e. The molecule has 5 heterocycles. The number of nitrogens with one attached hydrogen (secondary N) is 1. The number of halogens is 1. The Morgan fingerprint density at radius 3 is 2.46 bits per heavy atom. The smallest absolute Gasteiger partial charge is 0.439 e. The molecule has 2 aliphatic rings. The number of imidazole rings is 1. The third kappa shape index (κ3) is 5.28. The van der Waals surface area contributed by atoms with Crippen LogP contribution >= 0.6 is 11.6 Å². The molecule has 0 spiro atoms. The van der Waals surface area contributed by atoms with Crippen LogP contribution in [0, 0.1) is 11.8 Å². The van der Waals surface area contributed by atoms with E-state index in [-0.39, 0.29) is 17.9 Å². The van der Waals surface area contributed by atoms with E-state index < -0.39 is 11.8 Å². The van der Waals surface area contributed by atoms with Gasteiger partial charge < -0.3 is 19.5 Å². The molecule has 12 nitrogen and oxygen atoms in total. The van der Waals surface area contributed by atoms with E-state index in [4.69, 9.17) is 26.1 Å². The van der Waals surface area contributed by atoms with Crippen molar-refractivity contribution in [2.24, 2.45) is 11.8 Å². The van der Waals surface area contributed by atoms with Crippen LogP contribution in [0.2, 0.25) is 5.02 Å². The molecule has 1 saturated carbocycles. The summed E-state index contributed by atoms with van der Waals surface area (Å²) in [5, 5.41) is 14.0. The number of carboxylic acid groups (broad SMARTS) is 1. The predicted molar refractivity (Wildman–Crippen MR) is 154 cm³/mol. The Morgan fingerprint density at radius 1 is 1.10 bits per heavy atom. The molecule has 2 fully saturated rings. The number of nitrogens with zero attached hydrogens (tertiary/aromatic N) is 7. The molecule has 41 heavy (non-hydrogen) atoms.